The van der Waals surface area contributed by atoms with Crippen molar-refractivity contribution in [3.05, 3.63) is 54.1 Å². The van der Waals surface area contributed by atoms with Crippen LogP contribution in [0, 0.1) is 0 Å². The average Bonchev–Trinajstić information content (AvgIpc) is 3.28. The third kappa shape index (κ3) is 4.59. The van der Waals surface area contributed by atoms with Gasteiger partial charge in [-0.25, -0.2) is 8.42 Å². The lowest BCUT2D eigenvalue weighted by Crippen LogP contribution is -2.40. The van der Waals surface area contributed by atoms with Crippen LogP contribution in [0.3, 0.4) is 0 Å². The molecule has 162 valence electrons. The second kappa shape index (κ2) is 9.10. The number of benzene rings is 2. The fourth-order valence-corrected chi connectivity index (χ4v) is 5.12. The summed E-state index contributed by atoms with van der Waals surface area (Å²) in [7, 11) is -2.34. The number of amides is 1. The standard InChI is InChI=1S/C20H20N4O5S2/c1-28-17-8-7-15(31(26,27)24-9-11-29-12-10-24)13-16(17)19(25)22-20-21-18(23-30-20)14-5-3-2-4-6-14/h2-8,13H,9-12H2,1H3,(H,21,22,23,25). The molecule has 4 rings (SSSR count). The maximum absolute atomic E-state index is 13.0. The molecule has 1 aliphatic rings. The van der Waals surface area contributed by atoms with E-state index in [9.17, 15) is 13.2 Å². The highest BCUT2D eigenvalue weighted by Gasteiger charge is 2.28. The molecule has 31 heavy (non-hydrogen) atoms. The number of carbonyl (C=O) groups is 1. The second-order valence-corrected chi connectivity index (χ2v) is 9.31. The van der Waals surface area contributed by atoms with Gasteiger partial charge in [-0.3, -0.25) is 10.1 Å². The zero-order chi connectivity index (χ0) is 21.8. The van der Waals surface area contributed by atoms with Crippen LogP contribution < -0.4 is 10.1 Å². The first-order valence-corrected chi connectivity index (χ1v) is 11.7. The molecule has 0 atom stereocenters. The van der Waals surface area contributed by atoms with E-state index in [0.717, 1.165) is 17.1 Å². The fraction of sp³-hybridized carbons (Fsp3) is 0.250. The maximum atomic E-state index is 13.0. The summed E-state index contributed by atoms with van der Waals surface area (Å²) in [6.45, 7) is 1.21. The molecular formula is C20H20N4O5S2. The second-order valence-electron chi connectivity index (χ2n) is 6.62. The number of rotatable bonds is 6. The van der Waals surface area contributed by atoms with Gasteiger partial charge in [-0.1, -0.05) is 30.3 Å². The van der Waals surface area contributed by atoms with Crippen molar-refractivity contribution >= 4 is 32.6 Å². The Hall–Kier alpha value is -2.86. The van der Waals surface area contributed by atoms with Crippen molar-refractivity contribution in [2.24, 2.45) is 0 Å². The zero-order valence-corrected chi connectivity index (χ0v) is 18.3. The lowest BCUT2D eigenvalue weighted by atomic mass is 10.2. The summed E-state index contributed by atoms with van der Waals surface area (Å²) < 4.78 is 42.0. The van der Waals surface area contributed by atoms with E-state index in [1.54, 1.807) is 0 Å². The van der Waals surface area contributed by atoms with Crippen LogP contribution in [0.5, 0.6) is 5.75 Å². The van der Waals surface area contributed by atoms with Crippen LogP contribution in [0.2, 0.25) is 0 Å². The predicted molar refractivity (Wildman–Crippen MR) is 116 cm³/mol. The van der Waals surface area contributed by atoms with E-state index in [2.05, 4.69) is 14.7 Å². The van der Waals surface area contributed by atoms with E-state index in [4.69, 9.17) is 9.47 Å². The minimum Gasteiger partial charge on any atom is -0.496 e. The van der Waals surface area contributed by atoms with Crippen molar-refractivity contribution in [2.45, 2.75) is 4.90 Å². The van der Waals surface area contributed by atoms with Gasteiger partial charge in [-0.2, -0.15) is 13.7 Å². The number of morpholine rings is 1. The van der Waals surface area contributed by atoms with Gasteiger partial charge in [0.2, 0.25) is 15.2 Å². The first-order chi connectivity index (χ1) is 15.0. The number of hydrogen-bond acceptors (Lipinski definition) is 8. The minimum atomic E-state index is -3.76. The summed E-state index contributed by atoms with van der Waals surface area (Å²) in [5, 5.41) is 2.98. The molecule has 3 aromatic rings. The molecule has 2 heterocycles. The molecule has 0 unspecified atom stereocenters. The van der Waals surface area contributed by atoms with E-state index >= 15 is 0 Å². The lowest BCUT2D eigenvalue weighted by molar-refractivity contribution is 0.0730. The van der Waals surface area contributed by atoms with Crippen LogP contribution in [0.15, 0.2) is 53.4 Å². The van der Waals surface area contributed by atoms with Crippen molar-refractivity contribution < 1.29 is 22.7 Å². The van der Waals surface area contributed by atoms with Crippen molar-refractivity contribution in [3.63, 3.8) is 0 Å². The third-order valence-corrected chi connectivity index (χ3v) is 7.23. The molecule has 9 nitrogen and oxygen atoms in total. The number of anilines is 1. The molecule has 1 N–H and O–H groups in total. The number of hydrogen-bond donors (Lipinski definition) is 1. The largest absolute Gasteiger partial charge is 0.496 e. The Morgan fingerprint density at radius 3 is 2.61 bits per heavy atom. The van der Waals surface area contributed by atoms with Gasteiger partial charge < -0.3 is 9.47 Å². The van der Waals surface area contributed by atoms with Crippen LogP contribution >= 0.6 is 11.5 Å². The highest BCUT2D eigenvalue weighted by atomic mass is 32.2. The van der Waals surface area contributed by atoms with E-state index < -0.39 is 15.9 Å². The first kappa shape index (κ1) is 21.4. The fourth-order valence-electron chi connectivity index (χ4n) is 3.10. The summed E-state index contributed by atoms with van der Waals surface area (Å²) >= 11 is 1.04. The van der Waals surface area contributed by atoms with E-state index in [1.165, 1.54) is 29.6 Å². The van der Waals surface area contributed by atoms with Crippen molar-refractivity contribution in [1.82, 2.24) is 13.7 Å². The Morgan fingerprint density at radius 2 is 1.90 bits per heavy atom. The molecule has 2 aromatic carbocycles. The Morgan fingerprint density at radius 1 is 1.16 bits per heavy atom. The van der Waals surface area contributed by atoms with Crippen LogP contribution in [-0.2, 0) is 14.8 Å². The summed E-state index contributed by atoms with van der Waals surface area (Å²) in [5.74, 6) is 0.217. The highest BCUT2D eigenvalue weighted by Crippen LogP contribution is 2.27. The number of nitrogens with zero attached hydrogens (tertiary/aromatic N) is 3. The van der Waals surface area contributed by atoms with E-state index in [1.807, 2.05) is 30.3 Å². The summed E-state index contributed by atoms with van der Waals surface area (Å²) in [6, 6.07) is 13.6. The number of nitrogens with one attached hydrogen (secondary N) is 1. The van der Waals surface area contributed by atoms with Gasteiger partial charge in [-0.15, -0.1) is 0 Å². The minimum absolute atomic E-state index is 0.0163. The van der Waals surface area contributed by atoms with Crippen LogP contribution in [0.1, 0.15) is 10.4 Å². The molecule has 1 aliphatic heterocycles. The topological polar surface area (TPSA) is 111 Å². The smallest absolute Gasteiger partial charge is 0.261 e. The molecule has 0 bridgehead atoms. The molecule has 0 saturated carbocycles. The van der Waals surface area contributed by atoms with Gasteiger partial charge in [-0.05, 0) is 18.2 Å². The van der Waals surface area contributed by atoms with Gasteiger partial charge in [0.25, 0.3) is 5.91 Å². The number of aromatic nitrogens is 2. The molecule has 0 spiro atoms. The summed E-state index contributed by atoms with van der Waals surface area (Å²) in [5.41, 5.74) is 0.920. The van der Waals surface area contributed by atoms with Crippen LogP contribution in [0.25, 0.3) is 11.4 Å². The Bertz CT molecular complexity index is 1180. The van der Waals surface area contributed by atoms with Gasteiger partial charge in [0.1, 0.15) is 5.75 Å². The summed E-state index contributed by atoms with van der Waals surface area (Å²) in [6.07, 6.45) is 0. The zero-order valence-electron chi connectivity index (χ0n) is 16.6. The molecule has 0 radical (unpaired) electrons. The molecule has 1 saturated heterocycles. The number of methoxy groups -OCH3 is 1. The number of sulfonamides is 1. The van der Waals surface area contributed by atoms with Gasteiger partial charge in [0.05, 0.1) is 30.8 Å². The van der Waals surface area contributed by atoms with Crippen molar-refractivity contribution in [3.8, 4) is 17.1 Å². The van der Waals surface area contributed by atoms with E-state index in [-0.39, 0.29) is 29.3 Å². The van der Waals surface area contributed by atoms with Gasteiger partial charge in [0, 0.05) is 30.2 Å². The third-order valence-electron chi connectivity index (χ3n) is 4.70. The Balaban J connectivity index is 1.59. The molecule has 1 fully saturated rings. The molecule has 11 heteroatoms. The Kier molecular flexibility index (Phi) is 6.28. The monoisotopic (exact) mass is 460 g/mol. The van der Waals surface area contributed by atoms with Gasteiger partial charge >= 0.3 is 0 Å². The quantitative estimate of drug-likeness (QED) is 0.602. The van der Waals surface area contributed by atoms with Crippen LogP contribution in [-0.4, -0.2) is 61.4 Å². The first-order valence-electron chi connectivity index (χ1n) is 9.45. The van der Waals surface area contributed by atoms with Crippen molar-refractivity contribution in [1.29, 1.82) is 0 Å². The van der Waals surface area contributed by atoms with E-state index in [0.29, 0.717) is 24.2 Å². The summed E-state index contributed by atoms with van der Waals surface area (Å²) in [4.78, 5) is 17.3. The van der Waals surface area contributed by atoms with Crippen molar-refractivity contribution in [2.75, 3.05) is 38.7 Å². The lowest BCUT2D eigenvalue weighted by Gasteiger charge is -2.26. The molecule has 1 amide bonds. The number of carbonyl (C=O) groups excluding carboxylic acids is 1. The predicted octanol–water partition coefficient (Wildman–Crippen LogP) is 2.49. The SMILES string of the molecule is COc1ccc(S(=O)(=O)N2CCOCC2)cc1C(=O)Nc1nc(-c2ccccc2)ns1. The average molecular weight is 461 g/mol. The molecule has 1 aromatic heterocycles. The molecule has 0 aliphatic carbocycles. The normalized spacial score (nSPS) is 14.9. The maximum Gasteiger partial charge on any atom is 0.261 e. The Labute approximate surface area is 183 Å². The molecular weight excluding hydrogens is 440 g/mol. The van der Waals surface area contributed by atoms with Crippen LogP contribution in [0.4, 0.5) is 5.13 Å². The number of ether oxygens (including phenoxy) is 2. The van der Waals surface area contributed by atoms with Gasteiger partial charge in [0.15, 0.2) is 5.82 Å². The highest BCUT2D eigenvalue weighted by molar-refractivity contribution is 7.89.